The van der Waals surface area contributed by atoms with E-state index in [9.17, 15) is 0 Å². The molecule has 9 aromatic rings. The number of para-hydroxylation sites is 5. The Morgan fingerprint density at radius 2 is 1.48 bits per heavy atom. The normalized spacial score (nSPS) is 9.43. The van der Waals surface area contributed by atoms with Gasteiger partial charge >= 0.3 is 0 Å². The molecule has 0 unspecified atom stereocenters. The molecule has 0 saturated heterocycles. The molecule has 6 aromatic heterocycles. The third kappa shape index (κ3) is 10.6. The first-order chi connectivity index (χ1) is 20.9. The fraction of sp³-hybridized carbons (Fsp3) is 0. The summed E-state index contributed by atoms with van der Waals surface area (Å²) < 4.78 is 10.7. The van der Waals surface area contributed by atoms with E-state index in [1.54, 1.807) is 65.6 Å². The van der Waals surface area contributed by atoms with Gasteiger partial charge < -0.3 is 18.8 Å². The molecule has 0 amide bonds. The Morgan fingerprint density at radius 1 is 0.643 bits per heavy atom. The Morgan fingerprint density at radius 3 is 2.07 bits per heavy atom. The molecular formula is C30H26N8O2S2. The van der Waals surface area contributed by atoms with Crippen molar-refractivity contribution in [2.45, 2.75) is 0 Å². The first-order valence-corrected chi connectivity index (χ1v) is 14.2. The highest BCUT2D eigenvalue weighted by Crippen LogP contribution is 2.15. The number of nitrogens with one attached hydrogen (secondary N) is 2. The number of hydrogen-bond donors (Lipinski definition) is 2. The summed E-state index contributed by atoms with van der Waals surface area (Å²) in [6, 6.07) is 23.7. The van der Waals surface area contributed by atoms with Crippen LogP contribution in [0, 0.1) is 0 Å². The standard InChI is InChI=1S/C7H6N2.C7H5NO.C7H5NS.C3H4N2.C3H3NO.C3H3NS/c3*1-2-4-7-6(3-1)8-5-9-7;3*1-2-5-3-4-1/h1-5H,(H,8,9);2*1-5H;1-3H,(H,4,5);2*1-3H. The smallest absolute Gasteiger partial charge is 0.181 e. The van der Waals surface area contributed by atoms with Gasteiger partial charge in [-0.25, -0.2) is 24.9 Å². The second-order valence-corrected chi connectivity index (χ2v) is 9.31. The van der Waals surface area contributed by atoms with E-state index in [1.165, 1.54) is 23.8 Å². The molecule has 9 rings (SSSR count). The number of oxazole rings is 2. The third-order valence-corrected chi connectivity index (χ3v) is 6.23. The molecule has 3 aromatic carbocycles. The van der Waals surface area contributed by atoms with Crippen LogP contribution in [0.25, 0.3) is 32.3 Å². The van der Waals surface area contributed by atoms with Crippen LogP contribution in [0.2, 0.25) is 0 Å². The topological polar surface area (TPSA) is 135 Å². The molecule has 0 atom stereocenters. The lowest BCUT2D eigenvalue weighted by Gasteiger charge is -1.81. The van der Waals surface area contributed by atoms with Gasteiger partial charge in [0.25, 0.3) is 0 Å². The number of hydrogen-bond acceptors (Lipinski definition) is 10. The lowest BCUT2D eigenvalue weighted by molar-refractivity contribution is 0.558. The van der Waals surface area contributed by atoms with Crippen LogP contribution in [0.4, 0.5) is 0 Å². The maximum absolute atomic E-state index is 5.01. The van der Waals surface area contributed by atoms with E-state index in [1.807, 2.05) is 77.6 Å². The fourth-order valence-electron chi connectivity index (χ4n) is 3.05. The SMILES string of the molecule is c1c[nH]cn1.c1ccc2[nH]cnc2c1.c1ccc2ocnc2c1.c1ccc2scnc2c1.c1cocn1.c1cscn1. The van der Waals surface area contributed by atoms with E-state index in [4.69, 9.17) is 4.42 Å². The molecule has 10 nitrogen and oxygen atoms in total. The zero-order chi connectivity index (χ0) is 28.9. The van der Waals surface area contributed by atoms with Crippen LogP contribution < -0.4 is 0 Å². The third-order valence-electron chi connectivity index (χ3n) is 4.90. The zero-order valence-corrected chi connectivity index (χ0v) is 23.8. The van der Waals surface area contributed by atoms with Gasteiger partial charge in [-0.3, -0.25) is 4.98 Å². The van der Waals surface area contributed by atoms with Gasteiger partial charge in [-0.1, -0.05) is 36.4 Å². The Labute approximate surface area is 248 Å². The Bertz CT molecular complexity index is 1500. The molecule has 0 bridgehead atoms. The zero-order valence-electron chi connectivity index (χ0n) is 22.2. The molecule has 0 spiro atoms. The first-order valence-electron chi connectivity index (χ1n) is 12.4. The van der Waals surface area contributed by atoms with E-state index < -0.39 is 0 Å². The second-order valence-electron chi connectivity index (χ2n) is 7.67. The van der Waals surface area contributed by atoms with Crippen LogP contribution in [-0.2, 0) is 0 Å². The van der Waals surface area contributed by atoms with Crippen LogP contribution >= 0.6 is 22.7 Å². The highest BCUT2D eigenvalue weighted by atomic mass is 32.1. The van der Waals surface area contributed by atoms with Crippen molar-refractivity contribution < 1.29 is 8.83 Å². The second kappa shape index (κ2) is 18.0. The van der Waals surface area contributed by atoms with Gasteiger partial charge in [-0.15, -0.1) is 22.7 Å². The number of rotatable bonds is 0. The van der Waals surface area contributed by atoms with Crippen LogP contribution in [0.5, 0.6) is 0 Å². The molecule has 0 radical (unpaired) electrons. The van der Waals surface area contributed by atoms with Crippen LogP contribution in [0.1, 0.15) is 0 Å². The Kier molecular flexibility index (Phi) is 12.6. The average Bonchev–Trinajstić information content (AvgIpc) is 3.92. The minimum Gasteiger partial charge on any atom is -0.452 e. The summed E-state index contributed by atoms with van der Waals surface area (Å²) in [6.07, 6.45) is 14.5. The summed E-state index contributed by atoms with van der Waals surface area (Å²) in [7, 11) is 0. The molecule has 2 N–H and O–H groups in total. The van der Waals surface area contributed by atoms with Gasteiger partial charge in [0.15, 0.2) is 18.4 Å². The van der Waals surface area contributed by atoms with E-state index >= 15 is 0 Å². The average molecular weight is 595 g/mol. The maximum atomic E-state index is 5.01. The first kappa shape index (κ1) is 29.5. The van der Waals surface area contributed by atoms with Gasteiger partial charge in [0.05, 0.1) is 51.1 Å². The summed E-state index contributed by atoms with van der Waals surface area (Å²) in [6.45, 7) is 0. The van der Waals surface area contributed by atoms with Crippen molar-refractivity contribution in [2.24, 2.45) is 0 Å². The highest BCUT2D eigenvalue weighted by Gasteiger charge is 1.92. The van der Waals surface area contributed by atoms with Crippen molar-refractivity contribution in [3.63, 3.8) is 0 Å². The maximum Gasteiger partial charge on any atom is 0.181 e. The van der Waals surface area contributed by atoms with Crippen molar-refractivity contribution in [3.05, 3.63) is 146 Å². The van der Waals surface area contributed by atoms with Crippen molar-refractivity contribution in [3.8, 4) is 0 Å². The lowest BCUT2D eigenvalue weighted by Crippen LogP contribution is -1.63. The number of nitrogens with zero attached hydrogens (tertiary/aromatic N) is 6. The molecule has 0 aliphatic carbocycles. The molecule has 210 valence electrons. The van der Waals surface area contributed by atoms with Crippen LogP contribution in [0.15, 0.2) is 155 Å². The Balaban J connectivity index is 0.000000118. The predicted molar refractivity (Wildman–Crippen MR) is 167 cm³/mol. The molecule has 0 aliphatic rings. The van der Waals surface area contributed by atoms with E-state index in [0.717, 1.165) is 27.6 Å². The van der Waals surface area contributed by atoms with Crippen LogP contribution in [0.3, 0.4) is 0 Å². The summed E-state index contributed by atoms with van der Waals surface area (Å²) in [5.41, 5.74) is 8.64. The Hall–Kier alpha value is -5.46. The molecule has 0 saturated carbocycles. The van der Waals surface area contributed by atoms with Crippen molar-refractivity contribution in [1.82, 2.24) is 39.9 Å². The van der Waals surface area contributed by atoms with Crippen molar-refractivity contribution >= 4 is 55.0 Å². The number of fused-ring (bicyclic) bond motifs is 3. The molecule has 6 heterocycles. The monoisotopic (exact) mass is 594 g/mol. The van der Waals surface area contributed by atoms with Gasteiger partial charge in [0, 0.05) is 24.0 Å². The van der Waals surface area contributed by atoms with Crippen molar-refractivity contribution in [2.75, 3.05) is 0 Å². The van der Waals surface area contributed by atoms with E-state index in [-0.39, 0.29) is 0 Å². The van der Waals surface area contributed by atoms with E-state index in [0.29, 0.717) is 0 Å². The van der Waals surface area contributed by atoms with Crippen LogP contribution in [-0.4, -0.2) is 39.9 Å². The predicted octanol–water partition coefficient (Wildman–Crippen LogP) is 7.91. The largest absolute Gasteiger partial charge is 0.452 e. The quantitative estimate of drug-likeness (QED) is 0.181. The number of imidazole rings is 2. The number of benzene rings is 3. The number of aromatic amines is 2. The minimum atomic E-state index is 0.845. The fourth-order valence-corrected chi connectivity index (χ4v) is 4.08. The molecule has 0 fully saturated rings. The highest BCUT2D eigenvalue weighted by molar-refractivity contribution is 7.16. The van der Waals surface area contributed by atoms with Gasteiger partial charge in [0.1, 0.15) is 11.8 Å². The summed E-state index contributed by atoms with van der Waals surface area (Å²) >= 11 is 3.28. The van der Waals surface area contributed by atoms with Gasteiger partial charge in [0.2, 0.25) is 0 Å². The number of thiazole rings is 2. The summed E-state index contributed by atoms with van der Waals surface area (Å²) in [5, 5.41) is 1.93. The molecule has 0 aliphatic heterocycles. The molecule has 42 heavy (non-hydrogen) atoms. The number of aromatic nitrogens is 8. The summed E-state index contributed by atoms with van der Waals surface area (Å²) in [4.78, 5) is 28.9. The minimum absolute atomic E-state index is 0.845. The summed E-state index contributed by atoms with van der Waals surface area (Å²) in [5.74, 6) is 0. The van der Waals surface area contributed by atoms with Gasteiger partial charge in [-0.2, -0.15) is 0 Å². The lowest BCUT2D eigenvalue weighted by atomic mass is 10.3. The molecule has 12 heteroatoms. The van der Waals surface area contributed by atoms with Gasteiger partial charge in [-0.05, 0) is 36.4 Å². The number of H-pyrrole nitrogens is 2. The molecular weight excluding hydrogens is 569 g/mol. The van der Waals surface area contributed by atoms with Crippen molar-refractivity contribution in [1.29, 1.82) is 0 Å². The van der Waals surface area contributed by atoms with E-state index in [2.05, 4.69) is 50.4 Å².